The van der Waals surface area contributed by atoms with Crippen molar-refractivity contribution in [1.82, 2.24) is 9.97 Å². The molecule has 0 aromatic carbocycles. The lowest BCUT2D eigenvalue weighted by atomic mass is 10.0. The maximum absolute atomic E-state index is 11.5. The molecule has 164 valence electrons. The number of aromatic nitrogens is 2. The molecule has 3 atom stereocenters. The third-order valence-electron chi connectivity index (χ3n) is 4.38. The first-order valence-electron chi connectivity index (χ1n) is 9.05. The second-order valence-electron chi connectivity index (χ2n) is 6.67. The Hall–Kier alpha value is -2.11. The van der Waals surface area contributed by atoms with E-state index >= 15 is 0 Å². The Morgan fingerprint density at radius 2 is 1.97 bits per heavy atom. The van der Waals surface area contributed by atoms with Crippen molar-refractivity contribution in [3.63, 3.8) is 0 Å². The average molecular weight is 455 g/mol. The molecule has 2 N–H and O–H groups in total. The number of hydrogen-bond donors (Lipinski definition) is 2. The monoisotopic (exact) mass is 454 g/mol. The molecule has 0 aliphatic carbocycles. The van der Waals surface area contributed by atoms with Gasteiger partial charge in [-0.3, -0.25) is 0 Å². The number of nitrogens with zero attached hydrogens (tertiary/aromatic N) is 2. The molecule has 2 heterocycles. The van der Waals surface area contributed by atoms with Gasteiger partial charge in [-0.05, 0) is 13.0 Å². The molecule has 0 unspecified atom stereocenters. The maximum Gasteiger partial charge on any atom is 0.333 e. The molecule has 30 heavy (non-hydrogen) atoms. The normalized spacial score (nSPS) is 16.3. The number of aliphatic hydroxyl groups is 2. The van der Waals surface area contributed by atoms with Gasteiger partial charge in [0.15, 0.2) is 0 Å². The number of ether oxygens (including phenoxy) is 3. The van der Waals surface area contributed by atoms with Crippen LogP contribution in [0.15, 0.2) is 28.7 Å². The number of thiazole rings is 2. The van der Waals surface area contributed by atoms with E-state index in [0.717, 1.165) is 5.69 Å². The highest BCUT2D eigenvalue weighted by Gasteiger charge is 2.26. The highest BCUT2D eigenvalue weighted by molar-refractivity contribution is 7.14. The summed E-state index contributed by atoms with van der Waals surface area (Å²) in [5.74, 6) is -0.275. The fourth-order valence-electron chi connectivity index (χ4n) is 2.52. The molecule has 0 amide bonds. The molecular weight excluding hydrogens is 428 g/mol. The molecule has 0 fully saturated rings. The number of methoxy groups -OCH3 is 3. The van der Waals surface area contributed by atoms with E-state index in [9.17, 15) is 15.0 Å². The van der Waals surface area contributed by atoms with Crippen molar-refractivity contribution in [2.24, 2.45) is 5.92 Å². The second-order valence-corrected chi connectivity index (χ2v) is 8.39. The largest absolute Gasteiger partial charge is 0.500 e. The van der Waals surface area contributed by atoms with Crippen molar-refractivity contribution >= 4 is 34.7 Å². The summed E-state index contributed by atoms with van der Waals surface area (Å²) in [6, 6.07) is 0. The summed E-state index contributed by atoms with van der Waals surface area (Å²) in [6.45, 7) is 2.99. The zero-order valence-corrected chi connectivity index (χ0v) is 19.1. The average Bonchev–Trinajstić information content (AvgIpc) is 3.41. The fraction of sp³-hybridized carbons (Fsp3) is 0.450. The van der Waals surface area contributed by atoms with Crippen LogP contribution in [0.5, 0.6) is 0 Å². The summed E-state index contributed by atoms with van der Waals surface area (Å²) < 4.78 is 15.5. The lowest BCUT2D eigenvalue weighted by Crippen LogP contribution is -2.25. The van der Waals surface area contributed by atoms with Crippen LogP contribution in [0, 0.1) is 5.92 Å². The van der Waals surface area contributed by atoms with Crippen LogP contribution in [0.2, 0.25) is 0 Å². The van der Waals surface area contributed by atoms with Crippen molar-refractivity contribution in [3.05, 3.63) is 39.4 Å². The quantitative estimate of drug-likeness (QED) is 0.320. The highest BCUT2D eigenvalue weighted by atomic mass is 32.1. The van der Waals surface area contributed by atoms with Crippen LogP contribution in [0.25, 0.3) is 16.8 Å². The number of aliphatic hydroxyl groups excluding tert-OH is 1. The minimum Gasteiger partial charge on any atom is -0.500 e. The van der Waals surface area contributed by atoms with Crippen LogP contribution >= 0.6 is 22.7 Å². The SMILES string of the molecule is COC(=O)/C=C(/OC)[C@H](C)[C@H](/C=C/c1csc(-c2csc([C@](C)(O)CO)n2)n1)OC. The van der Waals surface area contributed by atoms with E-state index in [1.165, 1.54) is 49.9 Å². The smallest absolute Gasteiger partial charge is 0.333 e. The molecule has 0 aliphatic heterocycles. The van der Waals surface area contributed by atoms with Gasteiger partial charge in [-0.2, -0.15) is 0 Å². The van der Waals surface area contributed by atoms with Crippen LogP contribution < -0.4 is 0 Å². The van der Waals surface area contributed by atoms with Gasteiger partial charge in [0.2, 0.25) is 0 Å². The van der Waals surface area contributed by atoms with Crippen molar-refractivity contribution in [3.8, 4) is 10.7 Å². The minimum atomic E-state index is -1.37. The van der Waals surface area contributed by atoms with Crippen LogP contribution in [0.4, 0.5) is 0 Å². The predicted octanol–water partition coefficient (Wildman–Crippen LogP) is 2.83. The Labute approximate surface area is 183 Å². The van der Waals surface area contributed by atoms with E-state index in [1.54, 1.807) is 12.5 Å². The Morgan fingerprint density at radius 3 is 2.57 bits per heavy atom. The van der Waals surface area contributed by atoms with Crippen LogP contribution in [-0.4, -0.2) is 60.2 Å². The summed E-state index contributed by atoms with van der Waals surface area (Å²) in [5, 5.41) is 24.2. The molecule has 8 nitrogen and oxygen atoms in total. The minimum absolute atomic E-state index is 0.227. The Balaban J connectivity index is 2.15. The summed E-state index contributed by atoms with van der Waals surface area (Å²) >= 11 is 2.70. The zero-order chi connectivity index (χ0) is 22.3. The van der Waals surface area contributed by atoms with E-state index in [0.29, 0.717) is 21.5 Å². The fourth-order valence-corrected chi connectivity index (χ4v) is 4.20. The zero-order valence-electron chi connectivity index (χ0n) is 17.5. The Morgan fingerprint density at radius 1 is 1.23 bits per heavy atom. The Bertz CT molecular complexity index is 903. The summed E-state index contributed by atoms with van der Waals surface area (Å²) in [7, 11) is 4.37. The molecule has 10 heteroatoms. The van der Waals surface area contributed by atoms with Crippen molar-refractivity contribution < 1.29 is 29.2 Å². The van der Waals surface area contributed by atoms with Gasteiger partial charge in [-0.25, -0.2) is 14.8 Å². The standard InChI is InChI=1S/C20H26N2O6S2/c1-12(16(27-4)8-17(24)28-5)15(26-3)7-6-13-9-29-18(21-13)14-10-30-19(22-14)20(2,25)11-23/h6-10,12,15,23,25H,11H2,1-5H3/b7-6+,16-8+/t12-,15+,20-/m1/s1. The lowest BCUT2D eigenvalue weighted by Gasteiger charge is -2.21. The molecule has 2 aromatic rings. The van der Waals surface area contributed by atoms with E-state index < -0.39 is 18.2 Å². The molecule has 0 bridgehead atoms. The Kier molecular flexibility index (Phi) is 8.68. The number of rotatable bonds is 10. The molecule has 2 rings (SSSR count). The second kappa shape index (κ2) is 10.8. The van der Waals surface area contributed by atoms with E-state index in [-0.39, 0.29) is 12.0 Å². The number of esters is 1. The number of hydrogen-bond acceptors (Lipinski definition) is 10. The van der Waals surface area contributed by atoms with Gasteiger partial charge < -0.3 is 24.4 Å². The maximum atomic E-state index is 11.5. The number of carbonyl (C=O) groups is 1. The van der Waals surface area contributed by atoms with Crippen LogP contribution in [-0.2, 0) is 24.6 Å². The van der Waals surface area contributed by atoms with Gasteiger partial charge in [-0.1, -0.05) is 13.0 Å². The van der Waals surface area contributed by atoms with Gasteiger partial charge >= 0.3 is 5.97 Å². The van der Waals surface area contributed by atoms with Gasteiger partial charge in [0.05, 0.1) is 38.7 Å². The molecule has 0 spiro atoms. The molecule has 0 saturated carbocycles. The van der Waals surface area contributed by atoms with Crippen LogP contribution in [0.3, 0.4) is 0 Å². The van der Waals surface area contributed by atoms with E-state index in [4.69, 9.17) is 9.47 Å². The van der Waals surface area contributed by atoms with Crippen molar-refractivity contribution in [2.45, 2.75) is 25.6 Å². The van der Waals surface area contributed by atoms with Gasteiger partial charge in [-0.15, -0.1) is 22.7 Å². The molecule has 0 saturated heterocycles. The third-order valence-corrected chi connectivity index (χ3v) is 6.36. The topological polar surface area (TPSA) is 111 Å². The lowest BCUT2D eigenvalue weighted by molar-refractivity contribution is -0.135. The van der Waals surface area contributed by atoms with Crippen molar-refractivity contribution in [2.75, 3.05) is 27.9 Å². The van der Waals surface area contributed by atoms with E-state index in [2.05, 4.69) is 14.7 Å². The summed E-state index contributed by atoms with van der Waals surface area (Å²) in [5.41, 5.74) is -0.00189. The number of carbonyl (C=O) groups excluding carboxylic acids is 1. The summed E-state index contributed by atoms with van der Waals surface area (Å²) in [4.78, 5) is 20.5. The first kappa shape index (κ1) is 24.2. The predicted molar refractivity (Wildman–Crippen MR) is 116 cm³/mol. The molecule has 2 aromatic heterocycles. The highest BCUT2D eigenvalue weighted by Crippen LogP contribution is 2.30. The van der Waals surface area contributed by atoms with Gasteiger partial charge in [0, 0.05) is 23.8 Å². The molecule has 0 aliphatic rings. The first-order valence-corrected chi connectivity index (χ1v) is 10.8. The molecular formula is C20H26N2O6S2. The van der Waals surface area contributed by atoms with Crippen LogP contribution in [0.1, 0.15) is 24.5 Å². The summed E-state index contributed by atoms with van der Waals surface area (Å²) in [6.07, 6.45) is 4.62. The molecule has 0 radical (unpaired) electrons. The van der Waals surface area contributed by atoms with Gasteiger partial charge in [0.1, 0.15) is 27.1 Å². The third kappa shape index (κ3) is 5.96. The van der Waals surface area contributed by atoms with Crippen molar-refractivity contribution in [1.29, 1.82) is 0 Å². The van der Waals surface area contributed by atoms with Gasteiger partial charge in [0.25, 0.3) is 0 Å². The first-order chi connectivity index (χ1) is 14.2. The van der Waals surface area contributed by atoms with E-state index in [1.807, 2.05) is 24.5 Å².